The molecule has 1 N–H and O–H groups in total. The van der Waals surface area contributed by atoms with E-state index in [2.05, 4.69) is 10.3 Å². The lowest BCUT2D eigenvalue weighted by molar-refractivity contribution is -0.152. The summed E-state index contributed by atoms with van der Waals surface area (Å²) in [7, 11) is 1.26. The molecule has 10 heteroatoms. The Kier molecular flexibility index (Phi) is 7.98. The van der Waals surface area contributed by atoms with Gasteiger partial charge in [-0.15, -0.1) is 0 Å². The molecular formula is C22H32ClN3O6. The van der Waals surface area contributed by atoms with Gasteiger partial charge in [0, 0.05) is 18.7 Å². The molecule has 1 aromatic heterocycles. The quantitative estimate of drug-likeness (QED) is 0.660. The SMILES string of the molecule is COC(=O)[C@@H]1CC(Oc2ccc(Cl)cn2)CN1C(=O)[C@@H](NC(=O)OC(C)(C)C)C(C)(C)C. The minimum Gasteiger partial charge on any atom is -0.472 e. The van der Waals surface area contributed by atoms with Gasteiger partial charge in [0.1, 0.15) is 23.8 Å². The molecule has 0 bridgehead atoms. The molecule has 2 heterocycles. The summed E-state index contributed by atoms with van der Waals surface area (Å²) >= 11 is 5.86. The molecule has 1 aliphatic rings. The van der Waals surface area contributed by atoms with Gasteiger partial charge in [0.25, 0.3) is 0 Å². The van der Waals surface area contributed by atoms with E-state index >= 15 is 0 Å². The van der Waals surface area contributed by atoms with E-state index in [1.165, 1.54) is 18.2 Å². The lowest BCUT2D eigenvalue weighted by Crippen LogP contribution is -2.57. The van der Waals surface area contributed by atoms with Crippen LogP contribution in [-0.4, -0.2) is 65.3 Å². The molecule has 0 aliphatic carbocycles. The van der Waals surface area contributed by atoms with E-state index in [9.17, 15) is 14.4 Å². The molecule has 178 valence electrons. The molecule has 2 rings (SSSR count). The molecule has 0 radical (unpaired) electrons. The van der Waals surface area contributed by atoms with Crippen LogP contribution in [-0.2, 0) is 19.1 Å². The predicted octanol–water partition coefficient (Wildman–Crippen LogP) is 3.20. The Bertz CT molecular complexity index is 832. The Hall–Kier alpha value is -2.55. The smallest absolute Gasteiger partial charge is 0.408 e. The molecule has 32 heavy (non-hydrogen) atoms. The summed E-state index contributed by atoms with van der Waals surface area (Å²) in [6, 6.07) is 1.47. The van der Waals surface area contributed by atoms with E-state index in [-0.39, 0.29) is 13.0 Å². The lowest BCUT2D eigenvalue weighted by Gasteiger charge is -2.35. The van der Waals surface area contributed by atoms with E-state index in [0.717, 1.165) is 0 Å². The van der Waals surface area contributed by atoms with Crippen molar-refractivity contribution in [3.63, 3.8) is 0 Å². The Morgan fingerprint density at radius 3 is 2.34 bits per heavy atom. The largest absolute Gasteiger partial charge is 0.472 e. The van der Waals surface area contributed by atoms with Crippen molar-refractivity contribution in [3.8, 4) is 5.88 Å². The van der Waals surface area contributed by atoms with E-state index in [4.69, 9.17) is 25.8 Å². The van der Waals surface area contributed by atoms with Crippen molar-refractivity contribution in [1.82, 2.24) is 15.2 Å². The van der Waals surface area contributed by atoms with Gasteiger partial charge in [-0.05, 0) is 32.3 Å². The Labute approximate surface area is 193 Å². The third-order valence-corrected chi connectivity index (χ3v) is 5.00. The molecule has 2 amide bonds. The van der Waals surface area contributed by atoms with Crippen molar-refractivity contribution in [1.29, 1.82) is 0 Å². The fourth-order valence-electron chi connectivity index (χ4n) is 3.33. The maximum Gasteiger partial charge on any atom is 0.408 e. The number of likely N-dealkylation sites (tertiary alicyclic amines) is 1. The topological polar surface area (TPSA) is 107 Å². The fourth-order valence-corrected chi connectivity index (χ4v) is 3.44. The van der Waals surface area contributed by atoms with Gasteiger partial charge >= 0.3 is 12.1 Å². The third kappa shape index (κ3) is 6.98. The number of alkyl carbamates (subject to hydrolysis) is 1. The Morgan fingerprint density at radius 2 is 1.84 bits per heavy atom. The normalized spacial score (nSPS) is 19.8. The zero-order valence-corrected chi connectivity index (χ0v) is 20.4. The summed E-state index contributed by atoms with van der Waals surface area (Å²) < 4.78 is 16.1. The number of nitrogens with one attached hydrogen (secondary N) is 1. The average Bonchev–Trinajstić information content (AvgIpc) is 3.08. The second-order valence-corrected chi connectivity index (χ2v) is 10.2. The molecule has 0 saturated carbocycles. The number of amides is 2. The van der Waals surface area contributed by atoms with Gasteiger partial charge in [0.05, 0.1) is 18.7 Å². The second-order valence-electron chi connectivity index (χ2n) is 9.77. The summed E-state index contributed by atoms with van der Waals surface area (Å²) in [5.41, 5.74) is -1.37. The van der Waals surface area contributed by atoms with Crippen LogP contribution in [0.25, 0.3) is 0 Å². The highest BCUT2D eigenvalue weighted by atomic mass is 35.5. The van der Waals surface area contributed by atoms with Gasteiger partial charge in [-0.2, -0.15) is 0 Å². The molecule has 1 aliphatic heterocycles. The summed E-state index contributed by atoms with van der Waals surface area (Å²) in [5, 5.41) is 3.13. The van der Waals surface area contributed by atoms with Gasteiger partial charge in [0.15, 0.2) is 0 Å². The Balaban J connectivity index is 2.23. The molecular weight excluding hydrogens is 438 g/mol. The number of aromatic nitrogens is 1. The molecule has 1 aromatic rings. The van der Waals surface area contributed by atoms with E-state index in [0.29, 0.717) is 10.9 Å². The lowest BCUT2D eigenvalue weighted by atomic mass is 9.85. The van der Waals surface area contributed by atoms with Crippen LogP contribution in [0.2, 0.25) is 5.02 Å². The molecule has 1 unspecified atom stereocenters. The first-order valence-electron chi connectivity index (χ1n) is 10.4. The van der Waals surface area contributed by atoms with Crippen LogP contribution < -0.4 is 10.1 Å². The first-order valence-corrected chi connectivity index (χ1v) is 10.7. The number of carbonyl (C=O) groups is 3. The van der Waals surface area contributed by atoms with E-state index in [1.54, 1.807) is 32.9 Å². The van der Waals surface area contributed by atoms with Gasteiger partial charge in [-0.1, -0.05) is 32.4 Å². The predicted molar refractivity (Wildman–Crippen MR) is 118 cm³/mol. The monoisotopic (exact) mass is 469 g/mol. The second kappa shape index (κ2) is 9.94. The number of hydrogen-bond donors (Lipinski definition) is 1. The third-order valence-electron chi connectivity index (χ3n) is 4.78. The number of nitrogens with zero attached hydrogens (tertiary/aromatic N) is 2. The standard InChI is InChI=1S/C22H32ClN3O6/c1-21(2,3)17(25-20(29)32-22(4,5)6)18(27)26-12-14(10-15(26)19(28)30-7)31-16-9-8-13(23)11-24-16/h8-9,11,14-15,17H,10,12H2,1-7H3,(H,25,29)/t14?,15-,17+/m0/s1. The van der Waals surface area contributed by atoms with Crippen molar-refractivity contribution in [3.05, 3.63) is 23.4 Å². The van der Waals surface area contributed by atoms with Crippen LogP contribution in [0.15, 0.2) is 18.3 Å². The van der Waals surface area contributed by atoms with Crippen LogP contribution in [0.4, 0.5) is 4.79 Å². The number of esters is 1. The molecule has 0 spiro atoms. The number of ether oxygens (including phenoxy) is 3. The molecule has 1 fully saturated rings. The maximum absolute atomic E-state index is 13.5. The highest BCUT2D eigenvalue weighted by molar-refractivity contribution is 6.30. The van der Waals surface area contributed by atoms with E-state index in [1.807, 2.05) is 20.8 Å². The number of hydrogen-bond acceptors (Lipinski definition) is 7. The zero-order valence-electron chi connectivity index (χ0n) is 19.6. The maximum atomic E-state index is 13.5. The number of halogens is 1. The summed E-state index contributed by atoms with van der Waals surface area (Å²) in [4.78, 5) is 43.9. The number of rotatable bonds is 5. The average molecular weight is 470 g/mol. The van der Waals surface area contributed by atoms with Gasteiger partial charge in [-0.25, -0.2) is 14.6 Å². The first kappa shape index (κ1) is 25.7. The highest BCUT2D eigenvalue weighted by Gasteiger charge is 2.46. The van der Waals surface area contributed by atoms with Gasteiger partial charge < -0.3 is 24.4 Å². The number of pyridine rings is 1. The van der Waals surface area contributed by atoms with Crippen molar-refractivity contribution in [2.24, 2.45) is 5.41 Å². The van der Waals surface area contributed by atoms with Crippen molar-refractivity contribution >= 4 is 29.6 Å². The number of methoxy groups -OCH3 is 1. The van der Waals surface area contributed by atoms with Gasteiger partial charge in [0.2, 0.25) is 11.8 Å². The van der Waals surface area contributed by atoms with Crippen LogP contribution in [0.5, 0.6) is 5.88 Å². The first-order chi connectivity index (χ1) is 14.7. The van der Waals surface area contributed by atoms with Gasteiger partial charge in [-0.3, -0.25) is 4.79 Å². The summed E-state index contributed by atoms with van der Waals surface area (Å²) in [5.74, 6) is -0.649. The van der Waals surface area contributed by atoms with Crippen LogP contribution in [0.1, 0.15) is 48.0 Å². The molecule has 1 saturated heterocycles. The van der Waals surface area contributed by atoms with Crippen LogP contribution >= 0.6 is 11.6 Å². The Morgan fingerprint density at radius 1 is 1.19 bits per heavy atom. The van der Waals surface area contributed by atoms with Crippen LogP contribution in [0, 0.1) is 5.41 Å². The van der Waals surface area contributed by atoms with Crippen molar-refractivity contribution in [2.45, 2.75) is 71.8 Å². The summed E-state index contributed by atoms with van der Waals surface area (Å²) in [6.07, 6.45) is 0.482. The molecule has 9 nitrogen and oxygen atoms in total. The van der Waals surface area contributed by atoms with E-state index < -0.39 is 47.2 Å². The molecule has 0 aromatic carbocycles. The number of carbonyl (C=O) groups excluding carboxylic acids is 3. The fraction of sp³-hybridized carbons (Fsp3) is 0.636. The minimum absolute atomic E-state index is 0.130. The van der Waals surface area contributed by atoms with Crippen molar-refractivity contribution < 1.29 is 28.6 Å². The molecule has 3 atom stereocenters. The highest BCUT2D eigenvalue weighted by Crippen LogP contribution is 2.28. The van der Waals surface area contributed by atoms with Crippen LogP contribution in [0.3, 0.4) is 0 Å². The van der Waals surface area contributed by atoms with Crippen molar-refractivity contribution in [2.75, 3.05) is 13.7 Å². The minimum atomic E-state index is -0.933. The summed E-state index contributed by atoms with van der Waals surface area (Å²) in [6.45, 7) is 10.8. The zero-order chi connectivity index (χ0) is 24.3.